The van der Waals surface area contributed by atoms with Gasteiger partial charge < -0.3 is 4.74 Å². The highest BCUT2D eigenvalue weighted by atomic mass is 32.2. The van der Waals surface area contributed by atoms with Crippen molar-refractivity contribution in [2.24, 2.45) is 0 Å². The van der Waals surface area contributed by atoms with E-state index in [1.165, 1.54) is 31.4 Å². The molecular formula is C23H20N4O4S. The van der Waals surface area contributed by atoms with E-state index in [0.717, 1.165) is 5.69 Å². The Bertz CT molecular complexity index is 1330. The number of para-hydroxylation sites is 1. The number of methoxy groups -OCH3 is 1. The van der Waals surface area contributed by atoms with Gasteiger partial charge in [0.1, 0.15) is 5.75 Å². The lowest BCUT2D eigenvalue weighted by Gasteiger charge is -2.11. The van der Waals surface area contributed by atoms with Crippen molar-refractivity contribution in [1.29, 1.82) is 0 Å². The summed E-state index contributed by atoms with van der Waals surface area (Å²) in [6, 6.07) is 21.7. The van der Waals surface area contributed by atoms with Gasteiger partial charge in [-0.2, -0.15) is 0 Å². The summed E-state index contributed by atoms with van der Waals surface area (Å²) >= 11 is 0. The van der Waals surface area contributed by atoms with Gasteiger partial charge in [-0.3, -0.25) is 19.4 Å². The van der Waals surface area contributed by atoms with E-state index in [-0.39, 0.29) is 10.5 Å². The van der Waals surface area contributed by atoms with Crippen LogP contribution in [0, 0.1) is 0 Å². The summed E-state index contributed by atoms with van der Waals surface area (Å²) in [6.07, 6.45) is 3.30. The Morgan fingerprint density at radius 1 is 0.969 bits per heavy atom. The molecule has 4 rings (SSSR count). The molecule has 1 amide bonds. The normalized spacial score (nSPS) is 11.0. The lowest BCUT2D eigenvalue weighted by atomic mass is 10.2. The number of anilines is 2. The van der Waals surface area contributed by atoms with Gasteiger partial charge in [-0.1, -0.05) is 24.3 Å². The number of aromatic nitrogens is 2. The number of sulfonamides is 1. The molecule has 1 heterocycles. The molecule has 0 spiro atoms. The molecule has 0 fully saturated rings. The number of nitrogens with zero attached hydrogens (tertiary/aromatic N) is 2. The van der Waals surface area contributed by atoms with Crippen molar-refractivity contribution in [1.82, 2.24) is 9.55 Å². The van der Waals surface area contributed by atoms with Gasteiger partial charge in [-0.25, -0.2) is 13.4 Å². The number of carbonyl (C=O) groups excluding carboxylic acids is 1. The van der Waals surface area contributed by atoms with Crippen LogP contribution in [0.5, 0.6) is 5.75 Å². The number of imidazole rings is 1. The zero-order valence-corrected chi connectivity index (χ0v) is 17.9. The topological polar surface area (TPSA) is 102 Å². The van der Waals surface area contributed by atoms with E-state index >= 15 is 0 Å². The molecule has 4 aromatic rings. The van der Waals surface area contributed by atoms with Crippen LogP contribution in [0.3, 0.4) is 0 Å². The quantitative estimate of drug-likeness (QED) is 0.446. The molecule has 32 heavy (non-hydrogen) atoms. The lowest BCUT2D eigenvalue weighted by molar-refractivity contribution is 0.102. The molecule has 0 aliphatic carbocycles. The van der Waals surface area contributed by atoms with E-state index < -0.39 is 15.9 Å². The second-order valence-electron chi connectivity index (χ2n) is 6.77. The summed E-state index contributed by atoms with van der Waals surface area (Å²) < 4.78 is 34.9. The van der Waals surface area contributed by atoms with Crippen molar-refractivity contribution in [3.05, 3.63) is 96.8 Å². The average Bonchev–Trinajstić information content (AvgIpc) is 3.28. The Hall–Kier alpha value is -4.11. The van der Waals surface area contributed by atoms with Gasteiger partial charge >= 0.3 is 0 Å². The highest BCUT2D eigenvalue weighted by Gasteiger charge is 2.18. The van der Waals surface area contributed by atoms with Crippen molar-refractivity contribution < 1.29 is 17.9 Å². The molecule has 162 valence electrons. The third-order valence-electron chi connectivity index (χ3n) is 4.65. The molecular weight excluding hydrogens is 428 g/mol. The fourth-order valence-electron chi connectivity index (χ4n) is 3.04. The van der Waals surface area contributed by atoms with Gasteiger partial charge in [-0.05, 0) is 54.6 Å². The molecule has 0 unspecified atom stereocenters. The molecule has 0 radical (unpaired) electrons. The minimum Gasteiger partial charge on any atom is -0.497 e. The summed E-state index contributed by atoms with van der Waals surface area (Å²) in [5.74, 6) is 0.459. The van der Waals surface area contributed by atoms with Gasteiger partial charge in [0.05, 0.1) is 12.0 Å². The highest BCUT2D eigenvalue weighted by Crippen LogP contribution is 2.21. The average molecular weight is 449 g/mol. The monoisotopic (exact) mass is 448 g/mol. The maximum absolute atomic E-state index is 12.8. The number of ether oxygens (including phenoxy) is 1. The summed E-state index contributed by atoms with van der Waals surface area (Å²) in [5, 5.41) is 2.73. The summed E-state index contributed by atoms with van der Waals surface area (Å²) in [6.45, 7) is 0. The first kappa shape index (κ1) is 21.1. The number of nitrogens with one attached hydrogen (secondary N) is 2. The maximum Gasteiger partial charge on any atom is 0.261 e. The van der Waals surface area contributed by atoms with E-state index in [1.54, 1.807) is 41.2 Å². The van der Waals surface area contributed by atoms with Gasteiger partial charge in [0, 0.05) is 29.3 Å². The van der Waals surface area contributed by atoms with E-state index in [2.05, 4.69) is 15.0 Å². The molecule has 0 saturated heterocycles. The molecule has 0 saturated carbocycles. The number of rotatable bonds is 7. The molecule has 0 atom stereocenters. The van der Waals surface area contributed by atoms with Crippen LogP contribution in [0.4, 0.5) is 11.6 Å². The fraction of sp³-hybridized carbons (Fsp3) is 0.0435. The van der Waals surface area contributed by atoms with Crippen LogP contribution in [-0.2, 0) is 10.0 Å². The van der Waals surface area contributed by atoms with Gasteiger partial charge in [-0.15, -0.1) is 0 Å². The molecule has 1 aromatic heterocycles. The smallest absolute Gasteiger partial charge is 0.261 e. The molecule has 0 aliphatic heterocycles. The molecule has 3 aromatic carbocycles. The van der Waals surface area contributed by atoms with E-state index in [9.17, 15) is 13.2 Å². The lowest BCUT2D eigenvalue weighted by Crippen LogP contribution is -2.17. The van der Waals surface area contributed by atoms with Crippen LogP contribution < -0.4 is 14.8 Å². The van der Waals surface area contributed by atoms with Crippen molar-refractivity contribution in [3.63, 3.8) is 0 Å². The van der Waals surface area contributed by atoms with Crippen molar-refractivity contribution >= 4 is 27.6 Å². The Balaban J connectivity index is 1.54. The summed E-state index contributed by atoms with van der Waals surface area (Å²) in [5.41, 5.74) is 1.40. The highest BCUT2D eigenvalue weighted by molar-refractivity contribution is 7.92. The Labute approximate surface area is 185 Å². The van der Waals surface area contributed by atoms with Crippen LogP contribution in [-0.4, -0.2) is 31.0 Å². The van der Waals surface area contributed by atoms with Crippen LogP contribution in [0.25, 0.3) is 5.69 Å². The first-order valence-corrected chi connectivity index (χ1v) is 11.1. The number of amides is 1. The second-order valence-corrected chi connectivity index (χ2v) is 8.45. The van der Waals surface area contributed by atoms with Crippen LogP contribution >= 0.6 is 0 Å². The Kier molecular flexibility index (Phi) is 5.91. The van der Waals surface area contributed by atoms with E-state index in [1.807, 2.05) is 30.3 Å². The number of carbonyl (C=O) groups is 1. The number of hydrogen-bond acceptors (Lipinski definition) is 5. The first-order chi connectivity index (χ1) is 15.5. The Morgan fingerprint density at radius 2 is 1.72 bits per heavy atom. The van der Waals surface area contributed by atoms with Crippen molar-refractivity contribution in [2.75, 3.05) is 17.1 Å². The van der Waals surface area contributed by atoms with E-state index in [0.29, 0.717) is 17.4 Å². The van der Waals surface area contributed by atoms with Gasteiger partial charge in [0.15, 0.2) is 0 Å². The Morgan fingerprint density at radius 3 is 2.44 bits per heavy atom. The third kappa shape index (κ3) is 4.62. The van der Waals surface area contributed by atoms with Crippen LogP contribution in [0.15, 0.2) is 96.2 Å². The van der Waals surface area contributed by atoms with Crippen LogP contribution in [0.2, 0.25) is 0 Å². The van der Waals surface area contributed by atoms with Crippen molar-refractivity contribution in [2.45, 2.75) is 4.90 Å². The third-order valence-corrected chi connectivity index (χ3v) is 6.03. The predicted molar refractivity (Wildman–Crippen MR) is 122 cm³/mol. The standard InChI is InChI=1S/C23H20N4O4S/c1-31-20-12-10-18(11-13-20)26-32(29,30)21-9-5-6-17(16-21)22(28)25-23-24-14-15-27(23)19-7-3-2-4-8-19/h2-16,26H,1H3,(H,24,25,28). The minimum absolute atomic E-state index is 0.0348. The predicted octanol–water partition coefficient (Wildman–Crippen LogP) is 3.93. The molecule has 2 N–H and O–H groups in total. The second kappa shape index (κ2) is 8.94. The molecule has 0 bridgehead atoms. The molecule has 0 aliphatic rings. The molecule has 8 nitrogen and oxygen atoms in total. The zero-order chi connectivity index (χ0) is 22.6. The largest absolute Gasteiger partial charge is 0.497 e. The summed E-state index contributed by atoms with van der Waals surface area (Å²) in [4.78, 5) is 17.0. The van der Waals surface area contributed by atoms with Crippen LogP contribution in [0.1, 0.15) is 10.4 Å². The number of benzene rings is 3. The zero-order valence-electron chi connectivity index (χ0n) is 17.1. The van der Waals surface area contributed by atoms with Gasteiger partial charge in [0.25, 0.3) is 15.9 Å². The molecule has 9 heteroatoms. The number of hydrogen-bond donors (Lipinski definition) is 2. The SMILES string of the molecule is COc1ccc(NS(=O)(=O)c2cccc(C(=O)Nc3nccn3-c3ccccc3)c2)cc1. The van der Waals surface area contributed by atoms with E-state index in [4.69, 9.17) is 4.74 Å². The fourth-order valence-corrected chi connectivity index (χ4v) is 4.15. The maximum atomic E-state index is 12.8. The summed E-state index contributed by atoms with van der Waals surface area (Å²) in [7, 11) is -2.36. The first-order valence-electron chi connectivity index (χ1n) is 9.63. The minimum atomic E-state index is -3.89. The van der Waals surface area contributed by atoms with Crippen molar-refractivity contribution in [3.8, 4) is 11.4 Å². The van der Waals surface area contributed by atoms with Gasteiger partial charge in [0.2, 0.25) is 5.95 Å².